The molecule has 1 aliphatic heterocycles. The number of thiophene rings is 1. The molecule has 0 saturated carbocycles. The minimum absolute atomic E-state index is 0.0872. The van der Waals surface area contributed by atoms with E-state index in [1.807, 2.05) is 10.3 Å². The maximum Gasteiger partial charge on any atom is 0.265 e. The first kappa shape index (κ1) is 12.4. The van der Waals surface area contributed by atoms with Crippen LogP contribution in [0.5, 0.6) is 0 Å². The van der Waals surface area contributed by atoms with E-state index in [1.54, 1.807) is 6.07 Å². The molecule has 2 heterocycles. The van der Waals surface area contributed by atoms with Crippen LogP contribution in [0.25, 0.3) is 0 Å². The Bertz CT molecular complexity index is 382. The van der Waals surface area contributed by atoms with Gasteiger partial charge in [-0.3, -0.25) is 4.79 Å². The maximum absolute atomic E-state index is 12.3. The molecular weight excluding hydrogens is 310 g/mol. The van der Waals surface area contributed by atoms with E-state index in [0.29, 0.717) is 15.9 Å². The zero-order chi connectivity index (χ0) is 11.5. The van der Waals surface area contributed by atoms with Crippen molar-refractivity contribution in [3.05, 3.63) is 21.3 Å². The van der Waals surface area contributed by atoms with Gasteiger partial charge in [0.2, 0.25) is 0 Å². The summed E-state index contributed by atoms with van der Waals surface area (Å²) in [5.74, 6) is 0.0872. The number of hydrogen-bond acceptors (Lipinski definition) is 2. The summed E-state index contributed by atoms with van der Waals surface area (Å²) in [7, 11) is 0. The van der Waals surface area contributed by atoms with Gasteiger partial charge in [0, 0.05) is 17.9 Å². The van der Waals surface area contributed by atoms with Crippen LogP contribution in [0.1, 0.15) is 28.9 Å². The molecule has 2 rings (SSSR count). The smallest absolute Gasteiger partial charge is 0.265 e. The largest absolute Gasteiger partial charge is 0.334 e. The van der Waals surface area contributed by atoms with Crippen molar-refractivity contribution in [3.8, 4) is 0 Å². The molecular formula is C11H13BrClNOS. The van der Waals surface area contributed by atoms with Crippen molar-refractivity contribution in [1.29, 1.82) is 0 Å². The van der Waals surface area contributed by atoms with Crippen LogP contribution >= 0.6 is 38.9 Å². The van der Waals surface area contributed by atoms with E-state index in [4.69, 9.17) is 11.6 Å². The molecule has 0 radical (unpaired) electrons. The number of halogens is 2. The SMILES string of the molecule is O=C(c1sccc1Cl)N1CCCCC1CBr. The van der Waals surface area contributed by atoms with Crippen molar-refractivity contribution >= 4 is 44.8 Å². The summed E-state index contributed by atoms with van der Waals surface area (Å²) in [6.07, 6.45) is 3.39. The zero-order valence-corrected chi connectivity index (χ0v) is 11.9. The molecule has 0 bridgehead atoms. The van der Waals surface area contributed by atoms with Gasteiger partial charge in [0.1, 0.15) is 4.88 Å². The van der Waals surface area contributed by atoms with Crippen LogP contribution in [-0.4, -0.2) is 28.7 Å². The van der Waals surface area contributed by atoms with Gasteiger partial charge in [0.15, 0.2) is 0 Å². The highest BCUT2D eigenvalue weighted by molar-refractivity contribution is 9.09. The summed E-state index contributed by atoms with van der Waals surface area (Å²) in [4.78, 5) is 14.9. The second kappa shape index (κ2) is 5.52. The molecule has 0 aromatic carbocycles. The molecule has 5 heteroatoms. The average molecular weight is 323 g/mol. The van der Waals surface area contributed by atoms with Gasteiger partial charge in [-0.15, -0.1) is 11.3 Å². The van der Waals surface area contributed by atoms with Crippen LogP contribution in [-0.2, 0) is 0 Å². The standard InChI is InChI=1S/C11H13BrClNOS/c12-7-8-3-1-2-5-14(8)11(15)10-9(13)4-6-16-10/h4,6,8H,1-3,5,7H2. The second-order valence-electron chi connectivity index (χ2n) is 3.90. The third-order valence-electron chi connectivity index (χ3n) is 2.88. The van der Waals surface area contributed by atoms with Crippen molar-refractivity contribution in [2.45, 2.75) is 25.3 Å². The average Bonchev–Trinajstić information content (AvgIpc) is 2.74. The van der Waals surface area contributed by atoms with Gasteiger partial charge in [-0.1, -0.05) is 27.5 Å². The Hall–Kier alpha value is -0.0600. The van der Waals surface area contributed by atoms with Gasteiger partial charge in [0.05, 0.1) is 5.02 Å². The number of hydrogen-bond donors (Lipinski definition) is 0. The van der Waals surface area contributed by atoms with Crippen molar-refractivity contribution in [3.63, 3.8) is 0 Å². The van der Waals surface area contributed by atoms with Crippen LogP contribution in [0.15, 0.2) is 11.4 Å². The molecule has 1 atom stereocenters. The van der Waals surface area contributed by atoms with E-state index in [2.05, 4.69) is 15.9 Å². The van der Waals surface area contributed by atoms with Crippen LogP contribution in [0.3, 0.4) is 0 Å². The first-order chi connectivity index (χ1) is 7.74. The monoisotopic (exact) mass is 321 g/mol. The molecule has 1 aromatic rings. The molecule has 1 aliphatic rings. The molecule has 0 N–H and O–H groups in total. The van der Waals surface area contributed by atoms with Gasteiger partial charge in [0.25, 0.3) is 5.91 Å². The van der Waals surface area contributed by atoms with Crippen LogP contribution in [0, 0.1) is 0 Å². The molecule has 16 heavy (non-hydrogen) atoms. The highest BCUT2D eigenvalue weighted by atomic mass is 79.9. The van der Waals surface area contributed by atoms with Gasteiger partial charge >= 0.3 is 0 Å². The number of nitrogens with zero attached hydrogens (tertiary/aromatic N) is 1. The number of piperidine rings is 1. The molecule has 0 aliphatic carbocycles. The highest BCUT2D eigenvalue weighted by Gasteiger charge is 2.28. The molecule has 0 spiro atoms. The summed E-state index contributed by atoms with van der Waals surface area (Å²) >= 11 is 10.9. The van der Waals surface area contributed by atoms with Crippen molar-refractivity contribution in [2.24, 2.45) is 0 Å². The first-order valence-corrected chi connectivity index (χ1v) is 7.72. The number of amides is 1. The van der Waals surface area contributed by atoms with Crippen LogP contribution in [0.2, 0.25) is 5.02 Å². The Kier molecular flexibility index (Phi) is 4.27. The molecule has 1 fully saturated rings. The third-order valence-corrected chi connectivity index (χ3v) is 4.95. The number of carbonyl (C=O) groups excluding carboxylic acids is 1. The van der Waals surface area contributed by atoms with Crippen LogP contribution in [0.4, 0.5) is 0 Å². The van der Waals surface area contributed by atoms with Gasteiger partial charge in [-0.2, -0.15) is 0 Å². The minimum atomic E-state index is 0.0872. The lowest BCUT2D eigenvalue weighted by Gasteiger charge is -2.34. The highest BCUT2D eigenvalue weighted by Crippen LogP contribution is 2.27. The van der Waals surface area contributed by atoms with E-state index < -0.39 is 0 Å². The van der Waals surface area contributed by atoms with Crippen molar-refractivity contribution in [2.75, 3.05) is 11.9 Å². The Morgan fingerprint density at radius 2 is 2.44 bits per heavy atom. The fourth-order valence-electron chi connectivity index (χ4n) is 2.01. The lowest BCUT2D eigenvalue weighted by Crippen LogP contribution is -2.44. The fraction of sp³-hybridized carbons (Fsp3) is 0.545. The van der Waals surface area contributed by atoms with Gasteiger partial charge in [-0.05, 0) is 30.7 Å². The first-order valence-electron chi connectivity index (χ1n) is 5.34. The van der Waals surface area contributed by atoms with E-state index in [1.165, 1.54) is 17.8 Å². The van der Waals surface area contributed by atoms with E-state index in [0.717, 1.165) is 24.7 Å². The second-order valence-corrected chi connectivity index (χ2v) is 5.87. The Balaban J connectivity index is 2.17. The topological polar surface area (TPSA) is 20.3 Å². The Labute approximate surface area is 113 Å². The van der Waals surface area contributed by atoms with E-state index in [9.17, 15) is 4.79 Å². The molecule has 2 nitrogen and oxygen atoms in total. The normalized spacial score (nSPS) is 21.1. The molecule has 1 aromatic heterocycles. The van der Waals surface area contributed by atoms with E-state index >= 15 is 0 Å². The predicted molar refractivity (Wildman–Crippen MR) is 71.8 cm³/mol. The van der Waals surface area contributed by atoms with Crippen molar-refractivity contribution < 1.29 is 4.79 Å². The summed E-state index contributed by atoms with van der Waals surface area (Å²) in [5.41, 5.74) is 0. The fourth-order valence-corrected chi connectivity index (χ4v) is 3.77. The van der Waals surface area contributed by atoms with Gasteiger partial charge < -0.3 is 4.90 Å². The minimum Gasteiger partial charge on any atom is -0.334 e. The number of carbonyl (C=O) groups is 1. The van der Waals surface area contributed by atoms with E-state index in [-0.39, 0.29) is 5.91 Å². The van der Waals surface area contributed by atoms with Gasteiger partial charge in [-0.25, -0.2) is 0 Å². The maximum atomic E-state index is 12.3. The Morgan fingerprint density at radius 3 is 3.06 bits per heavy atom. The lowest BCUT2D eigenvalue weighted by atomic mass is 10.0. The Morgan fingerprint density at radius 1 is 1.62 bits per heavy atom. The number of likely N-dealkylation sites (tertiary alicyclic amines) is 1. The zero-order valence-electron chi connectivity index (χ0n) is 8.79. The van der Waals surface area contributed by atoms with Crippen LogP contribution < -0.4 is 0 Å². The summed E-state index contributed by atoms with van der Waals surface area (Å²) < 4.78 is 0. The third kappa shape index (κ3) is 2.44. The number of rotatable bonds is 2. The number of alkyl halides is 1. The molecule has 1 saturated heterocycles. The summed E-state index contributed by atoms with van der Waals surface area (Å²) in [6.45, 7) is 0.851. The van der Waals surface area contributed by atoms with Crippen molar-refractivity contribution in [1.82, 2.24) is 4.90 Å². The predicted octanol–water partition coefficient (Wildman–Crippen LogP) is 3.79. The molecule has 1 unspecified atom stereocenters. The quantitative estimate of drug-likeness (QED) is 0.759. The summed E-state index contributed by atoms with van der Waals surface area (Å²) in [6, 6.07) is 2.10. The lowest BCUT2D eigenvalue weighted by molar-refractivity contribution is 0.0647. The molecule has 88 valence electrons. The molecule has 1 amide bonds. The summed E-state index contributed by atoms with van der Waals surface area (Å²) in [5, 5.41) is 3.29.